The van der Waals surface area contributed by atoms with Gasteiger partial charge in [-0.25, -0.2) is 0 Å². The largest absolute Gasteiger partial charge is 0.380 e. The first kappa shape index (κ1) is 16.9. The number of rotatable bonds is 8. The van der Waals surface area contributed by atoms with Crippen molar-refractivity contribution in [2.75, 3.05) is 32.8 Å². The van der Waals surface area contributed by atoms with E-state index in [-0.39, 0.29) is 5.54 Å². The van der Waals surface area contributed by atoms with Crippen LogP contribution in [0, 0.1) is 5.92 Å². The lowest BCUT2D eigenvalue weighted by Gasteiger charge is -2.46. The standard InChI is InChI=1S/C16H34N2O/c1-6-9-19-10-8-18-13-16(5,7-2)17-12-15(18)11-14(3)4/h14-15,17H,6-13H2,1-5H3. The minimum atomic E-state index is 0.276. The summed E-state index contributed by atoms with van der Waals surface area (Å²) in [5.41, 5.74) is 0.276. The Morgan fingerprint density at radius 3 is 2.63 bits per heavy atom. The van der Waals surface area contributed by atoms with Gasteiger partial charge in [-0.3, -0.25) is 4.90 Å². The van der Waals surface area contributed by atoms with E-state index in [0.29, 0.717) is 6.04 Å². The lowest BCUT2D eigenvalue weighted by atomic mass is 9.91. The summed E-state index contributed by atoms with van der Waals surface area (Å²) in [6.07, 6.45) is 3.58. The van der Waals surface area contributed by atoms with Gasteiger partial charge in [-0.05, 0) is 32.1 Å². The summed E-state index contributed by atoms with van der Waals surface area (Å²) in [6.45, 7) is 16.6. The molecule has 1 aliphatic rings. The summed E-state index contributed by atoms with van der Waals surface area (Å²) in [5, 5.41) is 3.75. The highest BCUT2D eigenvalue weighted by atomic mass is 16.5. The quantitative estimate of drug-likeness (QED) is 0.686. The molecule has 2 unspecified atom stereocenters. The Morgan fingerprint density at radius 2 is 2.05 bits per heavy atom. The molecule has 1 aliphatic heterocycles. The lowest BCUT2D eigenvalue weighted by Crippen LogP contribution is -2.63. The summed E-state index contributed by atoms with van der Waals surface area (Å²) < 4.78 is 5.68. The fraction of sp³-hybridized carbons (Fsp3) is 1.00. The SMILES string of the molecule is CCCOCCN1CC(C)(CC)NCC1CC(C)C. The summed E-state index contributed by atoms with van der Waals surface area (Å²) in [4.78, 5) is 2.65. The van der Waals surface area contributed by atoms with E-state index in [0.717, 1.165) is 45.2 Å². The highest BCUT2D eigenvalue weighted by Crippen LogP contribution is 2.22. The monoisotopic (exact) mass is 270 g/mol. The normalized spacial score (nSPS) is 29.1. The zero-order valence-electron chi connectivity index (χ0n) is 13.7. The third kappa shape index (κ3) is 5.80. The molecule has 1 fully saturated rings. The second-order valence-corrected chi connectivity index (χ2v) is 6.66. The lowest BCUT2D eigenvalue weighted by molar-refractivity contribution is 0.0370. The van der Waals surface area contributed by atoms with E-state index in [2.05, 4.69) is 44.8 Å². The van der Waals surface area contributed by atoms with Crippen molar-refractivity contribution in [1.29, 1.82) is 0 Å². The molecule has 114 valence electrons. The molecule has 19 heavy (non-hydrogen) atoms. The molecule has 0 saturated carbocycles. The van der Waals surface area contributed by atoms with Crippen LogP contribution in [-0.4, -0.2) is 49.3 Å². The highest BCUT2D eigenvalue weighted by molar-refractivity contribution is 4.94. The number of nitrogens with zero attached hydrogens (tertiary/aromatic N) is 1. The Morgan fingerprint density at radius 1 is 1.32 bits per heavy atom. The third-order valence-electron chi connectivity index (χ3n) is 4.23. The maximum absolute atomic E-state index is 5.68. The molecule has 0 aromatic rings. The first-order valence-electron chi connectivity index (χ1n) is 8.07. The van der Waals surface area contributed by atoms with E-state index in [1.165, 1.54) is 12.8 Å². The second kappa shape index (κ2) is 8.23. The number of nitrogens with one attached hydrogen (secondary N) is 1. The van der Waals surface area contributed by atoms with Gasteiger partial charge < -0.3 is 10.1 Å². The van der Waals surface area contributed by atoms with Crippen molar-refractivity contribution in [3.05, 3.63) is 0 Å². The van der Waals surface area contributed by atoms with Gasteiger partial charge in [0.2, 0.25) is 0 Å². The second-order valence-electron chi connectivity index (χ2n) is 6.66. The van der Waals surface area contributed by atoms with Crippen molar-refractivity contribution in [2.24, 2.45) is 5.92 Å². The van der Waals surface area contributed by atoms with E-state index >= 15 is 0 Å². The van der Waals surface area contributed by atoms with E-state index in [1.807, 2.05) is 0 Å². The van der Waals surface area contributed by atoms with Gasteiger partial charge >= 0.3 is 0 Å². The first-order chi connectivity index (χ1) is 9.00. The Bertz CT molecular complexity index is 245. The van der Waals surface area contributed by atoms with Crippen LogP contribution in [0.3, 0.4) is 0 Å². The van der Waals surface area contributed by atoms with Gasteiger partial charge in [0, 0.05) is 37.8 Å². The van der Waals surface area contributed by atoms with E-state index < -0.39 is 0 Å². The molecule has 3 heteroatoms. The van der Waals surface area contributed by atoms with Crippen LogP contribution < -0.4 is 5.32 Å². The van der Waals surface area contributed by atoms with Crippen LogP contribution in [0.2, 0.25) is 0 Å². The summed E-state index contributed by atoms with van der Waals surface area (Å²) in [7, 11) is 0. The van der Waals surface area contributed by atoms with Gasteiger partial charge in [0.1, 0.15) is 0 Å². The van der Waals surface area contributed by atoms with Crippen LogP contribution in [-0.2, 0) is 4.74 Å². The molecule has 0 aromatic heterocycles. The molecule has 0 amide bonds. The van der Waals surface area contributed by atoms with Crippen LogP contribution >= 0.6 is 0 Å². The minimum Gasteiger partial charge on any atom is -0.380 e. The fourth-order valence-electron chi connectivity index (χ4n) is 2.83. The average molecular weight is 270 g/mol. The van der Waals surface area contributed by atoms with Crippen LogP contribution in [0.4, 0.5) is 0 Å². The topological polar surface area (TPSA) is 24.5 Å². The van der Waals surface area contributed by atoms with Crippen molar-refractivity contribution in [2.45, 2.75) is 65.5 Å². The molecule has 1 heterocycles. The zero-order valence-corrected chi connectivity index (χ0v) is 13.7. The molecular formula is C16H34N2O. The van der Waals surface area contributed by atoms with Crippen molar-refractivity contribution in [3.63, 3.8) is 0 Å². The van der Waals surface area contributed by atoms with Crippen molar-refractivity contribution >= 4 is 0 Å². The van der Waals surface area contributed by atoms with Gasteiger partial charge in [0.25, 0.3) is 0 Å². The molecular weight excluding hydrogens is 236 g/mol. The number of piperazine rings is 1. The maximum atomic E-state index is 5.68. The number of hydrogen-bond acceptors (Lipinski definition) is 3. The van der Waals surface area contributed by atoms with Crippen molar-refractivity contribution in [1.82, 2.24) is 10.2 Å². The van der Waals surface area contributed by atoms with Crippen LogP contribution in [0.25, 0.3) is 0 Å². The van der Waals surface area contributed by atoms with Crippen LogP contribution in [0.5, 0.6) is 0 Å². The van der Waals surface area contributed by atoms with Gasteiger partial charge in [0.15, 0.2) is 0 Å². The fourth-order valence-corrected chi connectivity index (χ4v) is 2.83. The molecule has 0 spiro atoms. The Kier molecular flexibility index (Phi) is 7.33. The average Bonchev–Trinajstić information content (AvgIpc) is 2.37. The number of hydrogen-bond donors (Lipinski definition) is 1. The molecule has 3 nitrogen and oxygen atoms in total. The Balaban J connectivity index is 2.50. The predicted octanol–water partition coefficient (Wildman–Crippen LogP) is 2.90. The Labute approximate surface area is 120 Å². The predicted molar refractivity (Wildman–Crippen MR) is 82.6 cm³/mol. The molecule has 1 saturated heterocycles. The molecule has 1 rings (SSSR count). The first-order valence-corrected chi connectivity index (χ1v) is 8.07. The maximum Gasteiger partial charge on any atom is 0.0593 e. The van der Waals surface area contributed by atoms with Gasteiger partial charge in [-0.15, -0.1) is 0 Å². The van der Waals surface area contributed by atoms with Crippen molar-refractivity contribution < 1.29 is 4.74 Å². The molecule has 0 aromatic carbocycles. The molecule has 0 radical (unpaired) electrons. The van der Waals surface area contributed by atoms with Crippen molar-refractivity contribution in [3.8, 4) is 0 Å². The van der Waals surface area contributed by atoms with Gasteiger partial charge in [-0.2, -0.15) is 0 Å². The van der Waals surface area contributed by atoms with E-state index in [9.17, 15) is 0 Å². The van der Waals surface area contributed by atoms with Crippen LogP contribution in [0.15, 0.2) is 0 Å². The molecule has 2 atom stereocenters. The van der Waals surface area contributed by atoms with E-state index in [4.69, 9.17) is 4.74 Å². The zero-order chi connectivity index (χ0) is 14.3. The van der Waals surface area contributed by atoms with Gasteiger partial charge in [0.05, 0.1) is 6.61 Å². The number of ether oxygens (including phenoxy) is 1. The summed E-state index contributed by atoms with van der Waals surface area (Å²) in [5.74, 6) is 0.761. The molecule has 1 N–H and O–H groups in total. The highest BCUT2D eigenvalue weighted by Gasteiger charge is 2.34. The Hall–Kier alpha value is -0.120. The summed E-state index contributed by atoms with van der Waals surface area (Å²) >= 11 is 0. The smallest absolute Gasteiger partial charge is 0.0593 e. The molecule has 0 aliphatic carbocycles. The van der Waals surface area contributed by atoms with Crippen LogP contribution in [0.1, 0.15) is 53.9 Å². The summed E-state index contributed by atoms with van der Waals surface area (Å²) in [6, 6.07) is 0.671. The van der Waals surface area contributed by atoms with Gasteiger partial charge in [-0.1, -0.05) is 27.7 Å². The van der Waals surface area contributed by atoms with E-state index in [1.54, 1.807) is 0 Å². The molecule has 0 bridgehead atoms. The minimum absolute atomic E-state index is 0.276. The third-order valence-corrected chi connectivity index (χ3v) is 4.23.